The summed E-state index contributed by atoms with van der Waals surface area (Å²) in [6.07, 6.45) is 2.03. The van der Waals surface area contributed by atoms with Crippen LogP contribution in [0, 0.1) is 10.1 Å². The van der Waals surface area contributed by atoms with Crippen LogP contribution in [0.1, 0.15) is 19.8 Å². The lowest BCUT2D eigenvalue weighted by molar-refractivity contribution is -0.383. The van der Waals surface area contributed by atoms with Crippen molar-refractivity contribution in [3.63, 3.8) is 0 Å². The molecule has 0 spiro atoms. The van der Waals surface area contributed by atoms with Crippen molar-refractivity contribution < 1.29 is 9.55 Å². The molecule has 112 valence electrons. The summed E-state index contributed by atoms with van der Waals surface area (Å²) in [5.41, 5.74) is 1.24. The van der Waals surface area contributed by atoms with Gasteiger partial charge in [-0.25, -0.2) is 4.63 Å². The van der Waals surface area contributed by atoms with Crippen LogP contribution >= 0.6 is 0 Å². The maximum absolute atomic E-state index is 11.0. The second-order valence-corrected chi connectivity index (χ2v) is 5.55. The first-order valence-corrected chi connectivity index (χ1v) is 6.92. The van der Waals surface area contributed by atoms with Crippen molar-refractivity contribution in [2.24, 2.45) is 0 Å². The highest BCUT2D eigenvalue weighted by Crippen LogP contribution is 2.30. The lowest BCUT2D eigenvalue weighted by Gasteiger charge is -2.35. The van der Waals surface area contributed by atoms with Crippen LogP contribution in [0.5, 0.6) is 0 Å². The van der Waals surface area contributed by atoms with E-state index >= 15 is 0 Å². The zero-order chi connectivity index (χ0) is 15.0. The van der Waals surface area contributed by atoms with E-state index in [0.717, 1.165) is 25.1 Å². The molecule has 2 unspecified atom stereocenters. The average molecular weight is 291 g/mol. The van der Waals surface area contributed by atoms with Gasteiger partial charge in [0.2, 0.25) is 5.52 Å². The van der Waals surface area contributed by atoms with Gasteiger partial charge in [0.15, 0.2) is 5.52 Å². The van der Waals surface area contributed by atoms with Gasteiger partial charge in [-0.2, -0.15) is 0 Å². The minimum atomic E-state index is -0.478. The highest BCUT2D eigenvalue weighted by molar-refractivity contribution is 5.93. The fourth-order valence-corrected chi connectivity index (χ4v) is 2.76. The topological polar surface area (TPSA) is 97.3 Å². The van der Waals surface area contributed by atoms with Gasteiger partial charge in [-0.15, -0.1) is 0 Å². The Hall–Kier alpha value is -2.22. The monoisotopic (exact) mass is 291 g/mol. The van der Waals surface area contributed by atoms with Crippen LogP contribution < -0.4 is 5.32 Å². The normalized spacial score (nSPS) is 23.3. The summed E-state index contributed by atoms with van der Waals surface area (Å²) >= 11 is 0. The van der Waals surface area contributed by atoms with Gasteiger partial charge in [-0.3, -0.25) is 10.1 Å². The third kappa shape index (κ3) is 2.54. The molecular formula is C13H17N5O3. The number of nitrogens with one attached hydrogen (secondary N) is 1. The smallest absolute Gasteiger partial charge is 0.300 e. The van der Waals surface area contributed by atoms with Gasteiger partial charge in [0.25, 0.3) is 0 Å². The first-order chi connectivity index (χ1) is 10.1. The fourth-order valence-electron chi connectivity index (χ4n) is 2.76. The number of rotatable bonds is 3. The second-order valence-electron chi connectivity index (χ2n) is 5.55. The molecule has 1 aromatic carbocycles. The molecule has 2 aromatic rings. The standard InChI is InChI=1S/C13H17N5O3/c1-8-7-9(5-6-17(8)2)14-10-3-4-11(18(19)20)13-12(10)15-21-16-13/h3-4,8-9,14H,5-7H2,1-2H3. The zero-order valence-corrected chi connectivity index (χ0v) is 11.9. The number of nitro groups is 1. The zero-order valence-electron chi connectivity index (χ0n) is 11.9. The maximum atomic E-state index is 11.0. The summed E-state index contributed by atoms with van der Waals surface area (Å²) in [7, 11) is 2.12. The Morgan fingerprint density at radius 1 is 1.43 bits per heavy atom. The Labute approximate surface area is 121 Å². The molecule has 0 aliphatic carbocycles. The highest BCUT2D eigenvalue weighted by atomic mass is 16.6. The number of aromatic nitrogens is 2. The van der Waals surface area contributed by atoms with Crippen molar-refractivity contribution in [2.45, 2.75) is 31.8 Å². The lowest BCUT2D eigenvalue weighted by atomic mass is 9.98. The molecule has 8 nitrogen and oxygen atoms in total. The molecule has 2 heterocycles. The minimum absolute atomic E-state index is 0.0893. The molecule has 0 bridgehead atoms. The Kier molecular flexibility index (Phi) is 3.46. The average Bonchev–Trinajstić information content (AvgIpc) is 2.92. The van der Waals surface area contributed by atoms with Gasteiger partial charge in [0.1, 0.15) is 0 Å². The summed E-state index contributed by atoms with van der Waals surface area (Å²) in [6, 6.07) is 3.93. The van der Waals surface area contributed by atoms with E-state index in [9.17, 15) is 10.1 Å². The maximum Gasteiger partial charge on any atom is 0.300 e. The van der Waals surface area contributed by atoms with Crippen LogP contribution in [0.25, 0.3) is 11.0 Å². The van der Waals surface area contributed by atoms with Gasteiger partial charge in [-0.1, -0.05) is 0 Å². The molecule has 1 N–H and O–H groups in total. The number of hydrogen-bond acceptors (Lipinski definition) is 7. The molecule has 1 saturated heterocycles. The van der Waals surface area contributed by atoms with E-state index < -0.39 is 4.92 Å². The third-order valence-electron chi connectivity index (χ3n) is 4.16. The number of likely N-dealkylation sites (tertiary alicyclic amines) is 1. The Balaban J connectivity index is 1.87. The molecule has 2 atom stereocenters. The van der Waals surface area contributed by atoms with Crippen LogP contribution in [-0.2, 0) is 0 Å². The van der Waals surface area contributed by atoms with Gasteiger partial charge < -0.3 is 10.2 Å². The lowest BCUT2D eigenvalue weighted by Crippen LogP contribution is -2.42. The van der Waals surface area contributed by atoms with Gasteiger partial charge in [0.05, 0.1) is 10.6 Å². The van der Waals surface area contributed by atoms with Gasteiger partial charge in [0, 0.05) is 24.7 Å². The van der Waals surface area contributed by atoms with Crippen LogP contribution in [0.3, 0.4) is 0 Å². The summed E-state index contributed by atoms with van der Waals surface area (Å²) in [5.74, 6) is 0. The number of benzene rings is 1. The summed E-state index contributed by atoms with van der Waals surface area (Å²) in [6.45, 7) is 3.21. The van der Waals surface area contributed by atoms with Crippen molar-refractivity contribution in [3.05, 3.63) is 22.2 Å². The molecule has 0 saturated carbocycles. The quantitative estimate of drug-likeness (QED) is 0.682. The second kappa shape index (κ2) is 5.28. The Bertz CT molecular complexity index is 671. The predicted octanol–water partition coefficient (Wildman–Crippen LogP) is 2.03. The predicted molar refractivity (Wildman–Crippen MR) is 77.2 cm³/mol. The van der Waals surface area contributed by atoms with E-state index in [0.29, 0.717) is 17.6 Å². The molecule has 3 rings (SSSR count). The Morgan fingerprint density at radius 3 is 2.90 bits per heavy atom. The number of nitro benzene ring substituents is 1. The van der Waals surface area contributed by atoms with Crippen molar-refractivity contribution in [2.75, 3.05) is 18.9 Å². The molecule has 0 radical (unpaired) electrons. The number of piperidine rings is 1. The minimum Gasteiger partial charge on any atom is -0.380 e. The number of hydrogen-bond donors (Lipinski definition) is 1. The fraction of sp³-hybridized carbons (Fsp3) is 0.538. The molecule has 1 aromatic heterocycles. The summed E-state index contributed by atoms with van der Waals surface area (Å²) < 4.78 is 4.67. The van der Waals surface area contributed by atoms with Crippen molar-refractivity contribution in [3.8, 4) is 0 Å². The molecule has 1 aliphatic heterocycles. The first-order valence-electron chi connectivity index (χ1n) is 6.92. The number of fused-ring (bicyclic) bond motifs is 1. The Morgan fingerprint density at radius 2 is 2.19 bits per heavy atom. The van der Waals surface area contributed by atoms with Crippen molar-refractivity contribution in [1.82, 2.24) is 15.2 Å². The van der Waals surface area contributed by atoms with E-state index in [4.69, 9.17) is 0 Å². The summed E-state index contributed by atoms with van der Waals surface area (Å²) in [5, 5.41) is 21.8. The largest absolute Gasteiger partial charge is 0.380 e. The van der Waals surface area contributed by atoms with Gasteiger partial charge in [-0.05, 0) is 43.2 Å². The third-order valence-corrected chi connectivity index (χ3v) is 4.16. The number of nitrogens with zero attached hydrogens (tertiary/aromatic N) is 4. The number of anilines is 1. The van der Waals surface area contributed by atoms with E-state index in [1.165, 1.54) is 6.07 Å². The van der Waals surface area contributed by atoms with Crippen molar-refractivity contribution in [1.29, 1.82) is 0 Å². The van der Waals surface area contributed by atoms with E-state index in [2.05, 4.69) is 39.1 Å². The number of non-ortho nitro benzene ring substituents is 1. The molecule has 8 heteroatoms. The van der Waals surface area contributed by atoms with E-state index in [1.807, 2.05) is 0 Å². The van der Waals surface area contributed by atoms with E-state index in [1.54, 1.807) is 6.07 Å². The molecule has 21 heavy (non-hydrogen) atoms. The molecular weight excluding hydrogens is 274 g/mol. The van der Waals surface area contributed by atoms with Crippen molar-refractivity contribution >= 4 is 22.4 Å². The van der Waals surface area contributed by atoms with Gasteiger partial charge >= 0.3 is 5.69 Å². The van der Waals surface area contributed by atoms with Crippen LogP contribution in [0.15, 0.2) is 16.8 Å². The molecule has 0 amide bonds. The molecule has 1 fully saturated rings. The van der Waals surface area contributed by atoms with Crippen LogP contribution in [0.4, 0.5) is 11.4 Å². The molecule has 1 aliphatic rings. The SMILES string of the molecule is CC1CC(Nc2ccc([N+](=O)[O-])c3nonc23)CCN1C. The summed E-state index contributed by atoms with van der Waals surface area (Å²) in [4.78, 5) is 12.8. The van der Waals surface area contributed by atoms with Crippen LogP contribution in [0.2, 0.25) is 0 Å². The first kappa shape index (κ1) is 13.7. The highest BCUT2D eigenvalue weighted by Gasteiger charge is 2.25. The van der Waals surface area contributed by atoms with Crippen LogP contribution in [-0.4, -0.2) is 45.8 Å². The van der Waals surface area contributed by atoms with E-state index in [-0.39, 0.29) is 11.2 Å².